The Labute approximate surface area is 145 Å². The largest absolute Gasteiger partial charge is 0.360 e. The van der Waals surface area contributed by atoms with Crippen molar-refractivity contribution in [2.24, 2.45) is 0 Å². The molecule has 0 atom stereocenters. The molecule has 0 spiro atoms. The Balaban J connectivity index is 1.33. The number of carbonyl (C=O) groups is 1. The van der Waals surface area contributed by atoms with E-state index in [2.05, 4.69) is 15.2 Å². The van der Waals surface area contributed by atoms with E-state index in [9.17, 15) is 4.79 Å². The van der Waals surface area contributed by atoms with Crippen LogP contribution in [0.25, 0.3) is 10.9 Å². The van der Waals surface area contributed by atoms with E-state index >= 15 is 0 Å². The summed E-state index contributed by atoms with van der Waals surface area (Å²) in [6, 6.07) is 9.90. The minimum Gasteiger partial charge on any atom is -0.360 e. The Morgan fingerprint density at radius 1 is 1.20 bits per heavy atom. The molecular weight excluding hydrogens is 318 g/mol. The monoisotopic (exact) mass is 339 g/mol. The quantitative estimate of drug-likeness (QED) is 0.723. The van der Waals surface area contributed by atoms with Crippen molar-refractivity contribution in [2.75, 3.05) is 26.2 Å². The average Bonchev–Trinajstić information content (AvgIpc) is 3.22. The number of hydrogen-bond donors (Lipinski definition) is 0. The fraction of sp³-hybridized carbons (Fsp3) is 0.389. The maximum Gasteiger partial charge on any atom is 0.244 e. The van der Waals surface area contributed by atoms with Crippen LogP contribution in [-0.2, 0) is 17.9 Å². The third-order valence-corrected chi connectivity index (χ3v) is 4.62. The number of carbonyl (C=O) groups excluding carboxylic acids is 1. The number of fused-ring (bicyclic) bond motifs is 1. The molecule has 0 unspecified atom stereocenters. The number of para-hydroxylation sites is 1. The van der Waals surface area contributed by atoms with Crippen LogP contribution in [0.4, 0.5) is 0 Å². The van der Waals surface area contributed by atoms with Crippen LogP contribution in [0.2, 0.25) is 0 Å². The summed E-state index contributed by atoms with van der Waals surface area (Å²) in [7, 11) is 0. The van der Waals surface area contributed by atoms with Gasteiger partial charge in [0.1, 0.15) is 6.54 Å². The highest BCUT2D eigenvalue weighted by atomic mass is 16.5. The van der Waals surface area contributed by atoms with E-state index in [-0.39, 0.29) is 12.5 Å². The topological polar surface area (TPSA) is 67.4 Å². The van der Waals surface area contributed by atoms with Crippen LogP contribution >= 0.6 is 0 Å². The van der Waals surface area contributed by atoms with Gasteiger partial charge in [0.2, 0.25) is 5.91 Å². The Morgan fingerprint density at radius 3 is 2.76 bits per heavy atom. The van der Waals surface area contributed by atoms with Gasteiger partial charge in [-0.25, -0.2) is 0 Å². The number of nitrogens with zero attached hydrogens (tertiary/aromatic N) is 5. The zero-order valence-corrected chi connectivity index (χ0v) is 14.3. The number of amides is 1. The summed E-state index contributed by atoms with van der Waals surface area (Å²) >= 11 is 0. The minimum absolute atomic E-state index is 0.115. The van der Waals surface area contributed by atoms with Crippen molar-refractivity contribution in [2.45, 2.75) is 20.0 Å². The predicted octanol–water partition coefficient (Wildman–Crippen LogP) is 1.68. The Hall–Kier alpha value is -2.67. The molecule has 0 radical (unpaired) electrons. The normalized spacial score (nSPS) is 15.8. The van der Waals surface area contributed by atoms with Gasteiger partial charge in [-0.05, 0) is 13.0 Å². The van der Waals surface area contributed by atoms with E-state index in [1.54, 1.807) is 10.9 Å². The molecule has 7 heteroatoms. The van der Waals surface area contributed by atoms with Crippen LogP contribution in [0.3, 0.4) is 0 Å². The van der Waals surface area contributed by atoms with Gasteiger partial charge < -0.3 is 9.42 Å². The van der Waals surface area contributed by atoms with Gasteiger partial charge in [-0.15, -0.1) is 0 Å². The van der Waals surface area contributed by atoms with Crippen molar-refractivity contribution in [1.29, 1.82) is 0 Å². The summed E-state index contributed by atoms with van der Waals surface area (Å²) in [5.41, 5.74) is 1.89. The summed E-state index contributed by atoms with van der Waals surface area (Å²) in [4.78, 5) is 16.8. The van der Waals surface area contributed by atoms with Crippen LogP contribution in [-0.4, -0.2) is 56.8 Å². The lowest BCUT2D eigenvalue weighted by atomic mass is 10.2. The first-order valence-electron chi connectivity index (χ1n) is 8.52. The molecule has 1 aliphatic heterocycles. The first-order valence-corrected chi connectivity index (χ1v) is 8.52. The first-order chi connectivity index (χ1) is 12.2. The van der Waals surface area contributed by atoms with E-state index in [0.29, 0.717) is 0 Å². The summed E-state index contributed by atoms with van der Waals surface area (Å²) in [6.45, 7) is 6.08. The highest BCUT2D eigenvalue weighted by molar-refractivity contribution is 5.82. The fourth-order valence-electron chi connectivity index (χ4n) is 3.25. The molecule has 4 rings (SSSR count). The molecule has 1 saturated heterocycles. The molecule has 0 bridgehead atoms. The second-order valence-corrected chi connectivity index (χ2v) is 6.45. The molecule has 1 aromatic carbocycles. The smallest absolute Gasteiger partial charge is 0.244 e. The van der Waals surface area contributed by atoms with E-state index in [1.165, 1.54) is 0 Å². The number of aromatic nitrogens is 3. The number of aryl methyl sites for hydroxylation is 1. The fourth-order valence-corrected chi connectivity index (χ4v) is 3.25. The highest BCUT2D eigenvalue weighted by Gasteiger charge is 2.22. The Bertz CT molecular complexity index is 876. The van der Waals surface area contributed by atoms with Crippen molar-refractivity contribution in [1.82, 2.24) is 24.7 Å². The molecule has 0 aliphatic carbocycles. The second kappa shape index (κ2) is 6.68. The first kappa shape index (κ1) is 15.8. The molecule has 3 heterocycles. The summed E-state index contributed by atoms with van der Waals surface area (Å²) in [5, 5.41) is 9.32. The summed E-state index contributed by atoms with van der Waals surface area (Å²) < 4.78 is 7.05. The lowest BCUT2D eigenvalue weighted by molar-refractivity contribution is -0.133. The number of rotatable bonds is 4. The van der Waals surface area contributed by atoms with Crippen LogP contribution in [0.15, 0.2) is 41.1 Å². The van der Waals surface area contributed by atoms with E-state index < -0.39 is 0 Å². The van der Waals surface area contributed by atoms with Crippen molar-refractivity contribution in [3.63, 3.8) is 0 Å². The number of benzene rings is 1. The van der Waals surface area contributed by atoms with Crippen molar-refractivity contribution < 1.29 is 9.32 Å². The maximum absolute atomic E-state index is 12.6. The molecule has 0 saturated carbocycles. The van der Waals surface area contributed by atoms with Gasteiger partial charge in [0.05, 0.1) is 24.0 Å². The van der Waals surface area contributed by atoms with Crippen molar-refractivity contribution in [3.05, 3.63) is 48.0 Å². The van der Waals surface area contributed by atoms with Gasteiger partial charge in [-0.1, -0.05) is 23.4 Å². The van der Waals surface area contributed by atoms with Crippen LogP contribution < -0.4 is 0 Å². The number of piperazine rings is 1. The van der Waals surface area contributed by atoms with Crippen LogP contribution in [0.5, 0.6) is 0 Å². The van der Waals surface area contributed by atoms with E-state index in [1.807, 2.05) is 42.2 Å². The summed E-state index contributed by atoms with van der Waals surface area (Å²) in [6.07, 6.45) is 1.81. The highest BCUT2D eigenvalue weighted by Crippen LogP contribution is 2.14. The molecule has 1 fully saturated rings. The molecule has 2 aromatic heterocycles. The van der Waals surface area contributed by atoms with Gasteiger partial charge in [0, 0.05) is 37.6 Å². The van der Waals surface area contributed by atoms with E-state index in [0.717, 1.165) is 55.1 Å². The lowest BCUT2D eigenvalue weighted by Gasteiger charge is -2.34. The van der Waals surface area contributed by atoms with Gasteiger partial charge in [-0.2, -0.15) is 5.10 Å². The molecular formula is C18H21N5O2. The predicted molar refractivity (Wildman–Crippen MR) is 92.8 cm³/mol. The third-order valence-electron chi connectivity index (χ3n) is 4.62. The second-order valence-electron chi connectivity index (χ2n) is 6.45. The zero-order valence-electron chi connectivity index (χ0n) is 14.3. The van der Waals surface area contributed by atoms with Crippen LogP contribution in [0.1, 0.15) is 11.5 Å². The molecule has 130 valence electrons. The standard InChI is InChI=1S/C18H21N5O2/c1-14-10-16(25-20-14)12-21-6-8-22(9-7-21)18(24)13-23-17-5-3-2-4-15(17)11-19-23/h2-5,10-11H,6-9,12-13H2,1H3. The zero-order chi connectivity index (χ0) is 17.2. The third kappa shape index (κ3) is 3.41. The average molecular weight is 339 g/mol. The van der Waals surface area contributed by atoms with E-state index in [4.69, 9.17) is 4.52 Å². The molecule has 0 N–H and O–H groups in total. The van der Waals surface area contributed by atoms with Crippen molar-refractivity contribution >= 4 is 16.8 Å². The molecule has 7 nitrogen and oxygen atoms in total. The molecule has 3 aromatic rings. The van der Waals surface area contributed by atoms with Crippen molar-refractivity contribution in [3.8, 4) is 0 Å². The minimum atomic E-state index is 0.115. The van der Waals surface area contributed by atoms with Gasteiger partial charge in [0.25, 0.3) is 0 Å². The van der Waals surface area contributed by atoms with Gasteiger partial charge in [0.15, 0.2) is 5.76 Å². The molecule has 1 amide bonds. The summed E-state index contributed by atoms with van der Waals surface area (Å²) in [5.74, 6) is 0.990. The van der Waals surface area contributed by atoms with Gasteiger partial charge >= 0.3 is 0 Å². The Morgan fingerprint density at radius 2 is 2.00 bits per heavy atom. The molecule has 25 heavy (non-hydrogen) atoms. The Kier molecular flexibility index (Phi) is 4.23. The van der Waals surface area contributed by atoms with Crippen LogP contribution in [0, 0.1) is 6.92 Å². The number of hydrogen-bond acceptors (Lipinski definition) is 5. The van der Waals surface area contributed by atoms with Gasteiger partial charge in [-0.3, -0.25) is 14.4 Å². The maximum atomic E-state index is 12.6. The lowest BCUT2D eigenvalue weighted by Crippen LogP contribution is -2.49. The molecule has 1 aliphatic rings. The SMILES string of the molecule is Cc1cc(CN2CCN(C(=O)Cn3ncc4ccccc43)CC2)on1.